The first-order valence-electron chi connectivity index (χ1n) is 5.91. The van der Waals surface area contributed by atoms with Gasteiger partial charge in [0.2, 0.25) is 0 Å². The molecular weight excluding hydrogens is 172 g/mol. The summed E-state index contributed by atoms with van der Waals surface area (Å²) >= 11 is 0. The van der Waals surface area contributed by atoms with Gasteiger partial charge in [0.1, 0.15) is 0 Å². The Morgan fingerprint density at radius 3 is 2.43 bits per heavy atom. The summed E-state index contributed by atoms with van der Waals surface area (Å²) in [7, 11) is 2.14. The highest BCUT2D eigenvalue weighted by atomic mass is 15.5. The molecule has 0 aromatic carbocycles. The van der Waals surface area contributed by atoms with E-state index in [9.17, 15) is 0 Å². The zero-order valence-electron chi connectivity index (χ0n) is 9.71. The minimum absolute atomic E-state index is 0.324. The molecule has 0 spiro atoms. The lowest BCUT2D eigenvalue weighted by atomic mass is 9.73. The molecule has 0 aromatic rings. The van der Waals surface area contributed by atoms with Crippen LogP contribution in [0.15, 0.2) is 5.10 Å². The molecule has 0 amide bonds. The second-order valence-corrected chi connectivity index (χ2v) is 5.23. The topological polar surface area (TPSA) is 15.6 Å². The van der Waals surface area contributed by atoms with Gasteiger partial charge in [-0.25, -0.2) is 0 Å². The highest BCUT2D eigenvalue weighted by Gasteiger charge is 2.41. The Hall–Kier alpha value is -0.530. The van der Waals surface area contributed by atoms with Crippen LogP contribution in [0.1, 0.15) is 52.4 Å². The molecule has 1 aliphatic carbocycles. The van der Waals surface area contributed by atoms with Crippen LogP contribution in [0.2, 0.25) is 0 Å². The highest BCUT2D eigenvalue weighted by Crippen LogP contribution is 2.40. The van der Waals surface area contributed by atoms with Crippen molar-refractivity contribution >= 4 is 5.71 Å². The van der Waals surface area contributed by atoms with Gasteiger partial charge in [-0.3, -0.25) is 5.01 Å². The monoisotopic (exact) mass is 194 g/mol. The summed E-state index contributed by atoms with van der Waals surface area (Å²) in [5.41, 5.74) is 1.63. The summed E-state index contributed by atoms with van der Waals surface area (Å²) in [5.74, 6) is 0.863. The molecule has 0 N–H and O–H groups in total. The molecule has 2 nitrogen and oxygen atoms in total. The minimum atomic E-state index is 0.324. The van der Waals surface area contributed by atoms with Crippen LogP contribution in [0.5, 0.6) is 0 Å². The zero-order valence-corrected chi connectivity index (χ0v) is 9.71. The predicted molar refractivity (Wildman–Crippen MR) is 60.5 cm³/mol. The van der Waals surface area contributed by atoms with Gasteiger partial charge < -0.3 is 0 Å². The maximum absolute atomic E-state index is 4.57. The van der Waals surface area contributed by atoms with Crippen LogP contribution < -0.4 is 0 Å². The lowest BCUT2D eigenvalue weighted by Gasteiger charge is -2.41. The quantitative estimate of drug-likeness (QED) is 0.626. The summed E-state index contributed by atoms with van der Waals surface area (Å²) < 4.78 is 0. The molecule has 1 fully saturated rings. The number of rotatable bonds is 1. The molecule has 1 atom stereocenters. The number of hydrogen-bond donors (Lipinski definition) is 0. The Kier molecular flexibility index (Phi) is 2.54. The molecule has 2 aliphatic rings. The second-order valence-electron chi connectivity index (χ2n) is 5.23. The third-order valence-electron chi connectivity index (χ3n) is 4.16. The van der Waals surface area contributed by atoms with Gasteiger partial charge in [0, 0.05) is 19.2 Å². The van der Waals surface area contributed by atoms with E-state index in [2.05, 4.69) is 31.0 Å². The van der Waals surface area contributed by atoms with E-state index in [1.54, 1.807) is 0 Å². The summed E-state index contributed by atoms with van der Waals surface area (Å²) in [6.45, 7) is 4.55. The molecule has 1 saturated carbocycles. The van der Waals surface area contributed by atoms with Gasteiger partial charge in [0.25, 0.3) is 0 Å². The Morgan fingerprint density at radius 1 is 1.29 bits per heavy atom. The first-order chi connectivity index (χ1) is 6.63. The van der Waals surface area contributed by atoms with Gasteiger partial charge in [-0.15, -0.1) is 0 Å². The molecule has 0 saturated heterocycles. The molecular formula is C12H22N2. The van der Waals surface area contributed by atoms with Crippen molar-refractivity contribution in [1.29, 1.82) is 0 Å². The lowest BCUT2D eigenvalue weighted by molar-refractivity contribution is 0.0748. The number of hydrogen-bond acceptors (Lipinski definition) is 2. The zero-order chi connectivity index (χ0) is 10.2. The average Bonchev–Trinajstić information content (AvgIpc) is 2.43. The Bertz CT molecular complexity index is 241. The van der Waals surface area contributed by atoms with E-state index >= 15 is 0 Å². The fourth-order valence-corrected chi connectivity index (χ4v) is 3.17. The van der Waals surface area contributed by atoms with Crippen LogP contribution in [-0.2, 0) is 0 Å². The summed E-state index contributed by atoms with van der Waals surface area (Å²) in [6, 6.07) is 0. The van der Waals surface area contributed by atoms with Crippen LogP contribution in [-0.4, -0.2) is 23.3 Å². The normalized spacial score (nSPS) is 34.8. The van der Waals surface area contributed by atoms with Crippen LogP contribution in [0.3, 0.4) is 0 Å². The summed E-state index contributed by atoms with van der Waals surface area (Å²) in [5, 5.41) is 6.79. The molecule has 2 rings (SSSR count). The van der Waals surface area contributed by atoms with Crippen molar-refractivity contribution in [3.05, 3.63) is 0 Å². The fourth-order valence-electron chi connectivity index (χ4n) is 3.17. The molecule has 0 aromatic heterocycles. The second kappa shape index (κ2) is 3.56. The highest BCUT2D eigenvalue weighted by molar-refractivity contribution is 5.84. The first-order valence-corrected chi connectivity index (χ1v) is 5.91. The summed E-state index contributed by atoms with van der Waals surface area (Å²) in [6.07, 6.45) is 8.28. The van der Waals surface area contributed by atoms with Crippen molar-refractivity contribution in [2.24, 2.45) is 11.0 Å². The largest absolute Gasteiger partial charge is 0.294 e. The van der Waals surface area contributed by atoms with Crippen molar-refractivity contribution in [2.75, 3.05) is 7.05 Å². The van der Waals surface area contributed by atoms with Crippen molar-refractivity contribution < 1.29 is 0 Å². The fraction of sp³-hybridized carbons (Fsp3) is 0.917. The van der Waals surface area contributed by atoms with Gasteiger partial charge in [0.15, 0.2) is 0 Å². The maximum Gasteiger partial charge on any atom is 0.0628 e. The van der Waals surface area contributed by atoms with Crippen molar-refractivity contribution in [3.8, 4) is 0 Å². The van der Waals surface area contributed by atoms with Crippen LogP contribution >= 0.6 is 0 Å². The smallest absolute Gasteiger partial charge is 0.0628 e. The van der Waals surface area contributed by atoms with Crippen molar-refractivity contribution in [1.82, 2.24) is 5.01 Å². The van der Waals surface area contributed by atoms with E-state index < -0.39 is 0 Å². The van der Waals surface area contributed by atoms with Gasteiger partial charge in [-0.2, -0.15) is 5.10 Å². The van der Waals surface area contributed by atoms with E-state index in [0.29, 0.717) is 5.54 Å². The van der Waals surface area contributed by atoms with Crippen molar-refractivity contribution in [3.63, 3.8) is 0 Å². The number of nitrogens with zero attached hydrogens (tertiary/aromatic N) is 2. The van der Waals surface area contributed by atoms with E-state index in [-0.39, 0.29) is 0 Å². The summed E-state index contributed by atoms with van der Waals surface area (Å²) in [4.78, 5) is 0. The van der Waals surface area contributed by atoms with Gasteiger partial charge >= 0.3 is 0 Å². The van der Waals surface area contributed by atoms with Crippen LogP contribution in [0.4, 0.5) is 0 Å². The molecule has 1 unspecified atom stereocenters. The Balaban J connectivity index is 2.08. The molecule has 14 heavy (non-hydrogen) atoms. The SMILES string of the molecule is CC1=NN(C)C(C)(C2CCCCC2)C1. The van der Waals surface area contributed by atoms with Crippen LogP contribution in [0, 0.1) is 5.92 Å². The predicted octanol–water partition coefficient (Wildman–Crippen LogP) is 3.04. The minimum Gasteiger partial charge on any atom is -0.294 e. The van der Waals surface area contributed by atoms with E-state index in [1.165, 1.54) is 44.2 Å². The van der Waals surface area contributed by atoms with Crippen molar-refractivity contribution in [2.45, 2.75) is 57.9 Å². The molecule has 0 bridgehead atoms. The third kappa shape index (κ3) is 1.55. The van der Waals surface area contributed by atoms with Gasteiger partial charge in [-0.1, -0.05) is 19.3 Å². The van der Waals surface area contributed by atoms with Gasteiger partial charge in [0.05, 0.1) is 5.54 Å². The first kappa shape index (κ1) is 10.0. The Morgan fingerprint density at radius 2 is 1.93 bits per heavy atom. The molecule has 1 heterocycles. The molecule has 80 valence electrons. The lowest BCUT2D eigenvalue weighted by Crippen LogP contribution is -2.45. The van der Waals surface area contributed by atoms with E-state index in [4.69, 9.17) is 0 Å². The average molecular weight is 194 g/mol. The standard InChI is InChI=1S/C12H22N2/c1-10-9-12(2,14(3)13-10)11-7-5-4-6-8-11/h11H,4-9H2,1-3H3. The molecule has 2 heteroatoms. The number of hydrazone groups is 1. The van der Waals surface area contributed by atoms with E-state index in [1.807, 2.05) is 0 Å². The Labute approximate surface area is 87.4 Å². The van der Waals surface area contributed by atoms with E-state index in [0.717, 1.165) is 5.92 Å². The maximum atomic E-state index is 4.57. The molecule has 1 aliphatic heterocycles. The van der Waals surface area contributed by atoms with Gasteiger partial charge in [-0.05, 0) is 32.6 Å². The third-order valence-corrected chi connectivity index (χ3v) is 4.16. The van der Waals surface area contributed by atoms with Crippen LogP contribution in [0.25, 0.3) is 0 Å². The molecule has 0 radical (unpaired) electrons.